The number of aliphatic hydroxyl groups is 1. The fraction of sp³-hybridized carbons (Fsp3) is 0.250. The maximum absolute atomic E-state index is 13.1. The molecule has 1 aromatic heterocycles. The molecular formula is C24H24N2O5. The lowest BCUT2D eigenvalue weighted by atomic mass is 9.94. The molecule has 1 unspecified atom stereocenters. The third-order valence-electron chi connectivity index (χ3n) is 5.57. The normalized spacial score (nSPS) is 18.1. The van der Waals surface area contributed by atoms with Crippen LogP contribution in [0.5, 0.6) is 5.75 Å². The van der Waals surface area contributed by atoms with Crippen LogP contribution in [0.2, 0.25) is 0 Å². The van der Waals surface area contributed by atoms with Gasteiger partial charge in [-0.15, -0.1) is 0 Å². The van der Waals surface area contributed by atoms with Gasteiger partial charge < -0.3 is 24.5 Å². The molecule has 1 aliphatic rings. The highest BCUT2D eigenvalue weighted by Gasteiger charge is 2.46. The van der Waals surface area contributed by atoms with E-state index in [4.69, 9.17) is 9.47 Å². The molecule has 1 amide bonds. The second-order valence-electron chi connectivity index (χ2n) is 7.33. The minimum atomic E-state index is -0.724. The Morgan fingerprint density at radius 2 is 1.84 bits per heavy atom. The molecule has 160 valence electrons. The molecule has 0 bridgehead atoms. The zero-order valence-corrected chi connectivity index (χ0v) is 17.4. The molecule has 31 heavy (non-hydrogen) atoms. The van der Waals surface area contributed by atoms with Gasteiger partial charge in [0.1, 0.15) is 11.5 Å². The molecule has 1 saturated heterocycles. The number of carbonyl (C=O) groups is 2. The van der Waals surface area contributed by atoms with Crippen molar-refractivity contribution in [1.29, 1.82) is 0 Å². The fourth-order valence-electron chi connectivity index (χ4n) is 4.12. The van der Waals surface area contributed by atoms with Gasteiger partial charge in [0.25, 0.3) is 11.7 Å². The van der Waals surface area contributed by atoms with Gasteiger partial charge in [-0.05, 0) is 24.6 Å². The Hall–Kier alpha value is -3.58. The van der Waals surface area contributed by atoms with Crippen molar-refractivity contribution in [2.75, 3.05) is 27.4 Å². The third kappa shape index (κ3) is 3.57. The monoisotopic (exact) mass is 420 g/mol. The van der Waals surface area contributed by atoms with Crippen LogP contribution in [0.25, 0.3) is 16.7 Å². The SMILES string of the molecule is COCCCN1C(=O)C(=O)/C(=C(/O)c2ccccc2OC)C1c1c[nH]c2ccccc12. The molecule has 3 aromatic rings. The summed E-state index contributed by atoms with van der Waals surface area (Å²) >= 11 is 0. The number of nitrogens with one attached hydrogen (secondary N) is 1. The van der Waals surface area contributed by atoms with E-state index in [1.807, 2.05) is 24.3 Å². The Labute approximate surface area is 179 Å². The number of fused-ring (bicyclic) bond motifs is 1. The van der Waals surface area contributed by atoms with Gasteiger partial charge in [-0.2, -0.15) is 0 Å². The number of aromatic nitrogens is 1. The number of amides is 1. The number of nitrogens with zero attached hydrogens (tertiary/aromatic N) is 1. The summed E-state index contributed by atoms with van der Waals surface area (Å²) in [6, 6.07) is 13.8. The van der Waals surface area contributed by atoms with Crippen LogP contribution in [0.4, 0.5) is 0 Å². The van der Waals surface area contributed by atoms with Crippen LogP contribution < -0.4 is 4.74 Å². The highest BCUT2D eigenvalue weighted by Crippen LogP contribution is 2.43. The number of ketones is 1. The van der Waals surface area contributed by atoms with Crippen molar-refractivity contribution in [1.82, 2.24) is 9.88 Å². The predicted octanol–water partition coefficient (Wildman–Crippen LogP) is 3.63. The molecule has 0 saturated carbocycles. The molecule has 0 radical (unpaired) electrons. The van der Waals surface area contributed by atoms with Gasteiger partial charge in [-0.3, -0.25) is 9.59 Å². The Kier molecular flexibility index (Phi) is 5.77. The van der Waals surface area contributed by atoms with Crippen molar-refractivity contribution in [2.24, 2.45) is 0 Å². The van der Waals surface area contributed by atoms with Crippen molar-refractivity contribution in [3.63, 3.8) is 0 Å². The van der Waals surface area contributed by atoms with Crippen molar-refractivity contribution >= 4 is 28.4 Å². The molecule has 2 N–H and O–H groups in total. The number of benzene rings is 2. The summed E-state index contributed by atoms with van der Waals surface area (Å²) in [7, 11) is 3.08. The Bertz CT molecular complexity index is 1160. The van der Waals surface area contributed by atoms with E-state index in [9.17, 15) is 14.7 Å². The summed E-state index contributed by atoms with van der Waals surface area (Å²) in [6.07, 6.45) is 2.36. The zero-order chi connectivity index (χ0) is 22.0. The number of aliphatic hydroxyl groups excluding tert-OH is 1. The smallest absolute Gasteiger partial charge is 0.295 e. The Balaban J connectivity index is 1.91. The molecule has 0 spiro atoms. The minimum absolute atomic E-state index is 0.0525. The third-order valence-corrected chi connectivity index (χ3v) is 5.57. The lowest BCUT2D eigenvalue weighted by molar-refractivity contribution is -0.140. The number of para-hydroxylation sites is 2. The molecule has 7 nitrogen and oxygen atoms in total. The standard InChI is InChI=1S/C24H24N2O5/c1-30-13-7-12-26-21(17-14-25-18-10-5-3-8-15(17)18)20(23(28)24(26)29)22(27)16-9-4-6-11-19(16)31-2/h3-6,8-11,14,21,25,27H,7,12-13H2,1-2H3/b22-20+. The van der Waals surface area contributed by atoms with E-state index in [2.05, 4.69) is 4.98 Å². The molecule has 1 aliphatic heterocycles. The van der Waals surface area contributed by atoms with Crippen molar-refractivity contribution in [2.45, 2.75) is 12.5 Å². The topological polar surface area (TPSA) is 91.9 Å². The van der Waals surface area contributed by atoms with E-state index in [1.165, 1.54) is 12.0 Å². The zero-order valence-electron chi connectivity index (χ0n) is 17.4. The number of carbonyl (C=O) groups excluding carboxylic acids is 2. The molecular weight excluding hydrogens is 396 g/mol. The van der Waals surface area contributed by atoms with Crippen molar-refractivity contribution in [3.8, 4) is 5.75 Å². The number of methoxy groups -OCH3 is 2. The first-order valence-electron chi connectivity index (χ1n) is 10.0. The molecule has 2 heterocycles. The van der Waals surface area contributed by atoms with E-state index < -0.39 is 17.7 Å². The maximum Gasteiger partial charge on any atom is 0.295 e. The first kappa shape index (κ1) is 20.7. The second kappa shape index (κ2) is 8.65. The number of Topliss-reactive ketones (excluding diaryl/α,β-unsaturated/α-hetero) is 1. The van der Waals surface area contributed by atoms with E-state index >= 15 is 0 Å². The van der Waals surface area contributed by atoms with Gasteiger partial charge in [-0.25, -0.2) is 0 Å². The largest absolute Gasteiger partial charge is 0.507 e. The number of aromatic amines is 1. The maximum atomic E-state index is 13.1. The van der Waals surface area contributed by atoms with Crippen LogP contribution in [-0.4, -0.2) is 54.1 Å². The van der Waals surface area contributed by atoms with Gasteiger partial charge in [0, 0.05) is 42.9 Å². The highest BCUT2D eigenvalue weighted by atomic mass is 16.5. The van der Waals surface area contributed by atoms with Crippen LogP contribution in [0.1, 0.15) is 23.6 Å². The highest BCUT2D eigenvalue weighted by molar-refractivity contribution is 6.46. The van der Waals surface area contributed by atoms with Crippen LogP contribution in [0.15, 0.2) is 60.3 Å². The van der Waals surface area contributed by atoms with Gasteiger partial charge in [0.15, 0.2) is 0 Å². The summed E-state index contributed by atoms with van der Waals surface area (Å²) in [5, 5.41) is 12.1. The first-order valence-corrected chi connectivity index (χ1v) is 10.0. The van der Waals surface area contributed by atoms with Gasteiger partial charge in [0.2, 0.25) is 0 Å². The average molecular weight is 420 g/mol. The molecule has 4 rings (SSSR count). The lowest BCUT2D eigenvalue weighted by Crippen LogP contribution is -2.31. The predicted molar refractivity (Wildman–Crippen MR) is 117 cm³/mol. The lowest BCUT2D eigenvalue weighted by Gasteiger charge is -2.25. The second-order valence-corrected chi connectivity index (χ2v) is 7.33. The molecule has 1 fully saturated rings. The number of hydrogen-bond donors (Lipinski definition) is 2. The number of H-pyrrole nitrogens is 1. The van der Waals surface area contributed by atoms with E-state index in [-0.39, 0.29) is 11.3 Å². The Morgan fingerprint density at radius 1 is 1.10 bits per heavy atom. The van der Waals surface area contributed by atoms with Crippen molar-refractivity contribution in [3.05, 3.63) is 71.4 Å². The summed E-state index contributed by atoms with van der Waals surface area (Å²) < 4.78 is 10.5. The first-order chi connectivity index (χ1) is 15.1. The summed E-state index contributed by atoms with van der Waals surface area (Å²) in [5.41, 5.74) is 2.06. The van der Waals surface area contributed by atoms with E-state index in [0.717, 1.165) is 16.5 Å². The van der Waals surface area contributed by atoms with Crippen molar-refractivity contribution < 1.29 is 24.2 Å². The molecule has 1 atom stereocenters. The van der Waals surface area contributed by atoms with Gasteiger partial charge in [-0.1, -0.05) is 30.3 Å². The van der Waals surface area contributed by atoms with Crippen LogP contribution in [-0.2, 0) is 14.3 Å². The molecule has 0 aliphatic carbocycles. The fourth-order valence-corrected chi connectivity index (χ4v) is 4.12. The van der Waals surface area contributed by atoms with E-state index in [1.54, 1.807) is 37.6 Å². The Morgan fingerprint density at radius 3 is 2.61 bits per heavy atom. The van der Waals surface area contributed by atoms with Crippen LogP contribution >= 0.6 is 0 Å². The van der Waals surface area contributed by atoms with E-state index in [0.29, 0.717) is 30.9 Å². The number of hydrogen-bond acceptors (Lipinski definition) is 5. The number of ether oxygens (including phenoxy) is 2. The summed E-state index contributed by atoms with van der Waals surface area (Å²) in [5.74, 6) is -1.18. The molecule has 7 heteroatoms. The number of likely N-dealkylation sites (tertiary alicyclic amines) is 1. The average Bonchev–Trinajstić information content (AvgIpc) is 3.33. The minimum Gasteiger partial charge on any atom is -0.507 e. The van der Waals surface area contributed by atoms with Crippen LogP contribution in [0, 0.1) is 0 Å². The summed E-state index contributed by atoms with van der Waals surface area (Å²) in [6.45, 7) is 0.779. The molecule has 2 aromatic carbocycles. The van der Waals surface area contributed by atoms with Gasteiger partial charge in [0.05, 0.1) is 24.3 Å². The number of rotatable bonds is 7. The van der Waals surface area contributed by atoms with Crippen LogP contribution in [0.3, 0.4) is 0 Å². The van der Waals surface area contributed by atoms with Gasteiger partial charge >= 0.3 is 0 Å². The quantitative estimate of drug-likeness (QED) is 0.264. The summed E-state index contributed by atoms with van der Waals surface area (Å²) in [4.78, 5) is 30.8.